The number of ketones is 1. The van der Waals surface area contributed by atoms with Crippen molar-refractivity contribution in [2.45, 2.75) is 11.3 Å². The first kappa shape index (κ1) is 10.9. The number of Topliss-reactive ketones (excluding diaryl/α,β-unsaturated/α-hetero) is 1. The minimum absolute atomic E-state index is 0.0718. The Morgan fingerprint density at radius 1 is 1.50 bits per heavy atom. The number of carbonyl (C=O) groups excluding carboxylic acids is 3. The number of hydrogen-bond donors (Lipinski definition) is 1. The van der Waals surface area contributed by atoms with E-state index in [0.29, 0.717) is 23.3 Å². The second-order valence-electron chi connectivity index (χ2n) is 3.34. The quantitative estimate of drug-likeness (QED) is 0.490. The molecule has 82 valence electrons. The van der Waals surface area contributed by atoms with E-state index >= 15 is 0 Å². The summed E-state index contributed by atoms with van der Waals surface area (Å²) in [7, 11) is 0. The number of nitrogens with one attached hydrogen (secondary N) is 1. The predicted octanol–water partition coefficient (Wildman–Crippen LogP) is 1.50. The number of carbonyl (C=O) groups is 3. The molecule has 0 radical (unpaired) electrons. The van der Waals surface area contributed by atoms with E-state index in [1.807, 2.05) is 0 Å². The Morgan fingerprint density at radius 2 is 2.31 bits per heavy atom. The van der Waals surface area contributed by atoms with E-state index in [9.17, 15) is 14.4 Å². The first-order valence-electron chi connectivity index (χ1n) is 4.74. The fraction of sp³-hybridized carbons (Fsp3) is 0.182. The van der Waals surface area contributed by atoms with Crippen molar-refractivity contribution in [2.75, 3.05) is 11.1 Å². The van der Waals surface area contributed by atoms with E-state index in [1.54, 1.807) is 18.2 Å². The number of rotatable bonds is 3. The summed E-state index contributed by atoms with van der Waals surface area (Å²) in [6.45, 7) is 0. The molecule has 1 aromatic carbocycles. The van der Waals surface area contributed by atoms with Crippen molar-refractivity contribution in [1.82, 2.24) is 0 Å². The molecule has 0 atom stereocenters. The molecule has 0 saturated carbocycles. The van der Waals surface area contributed by atoms with Gasteiger partial charge in [0, 0.05) is 10.5 Å². The van der Waals surface area contributed by atoms with Gasteiger partial charge in [-0.1, -0.05) is 6.07 Å². The Bertz CT molecular complexity index is 470. The van der Waals surface area contributed by atoms with Crippen LogP contribution in [0.25, 0.3) is 0 Å². The normalized spacial score (nSPS) is 13.9. The van der Waals surface area contributed by atoms with Crippen molar-refractivity contribution in [3.8, 4) is 0 Å². The summed E-state index contributed by atoms with van der Waals surface area (Å²) in [5, 5.41) is 2.70. The van der Waals surface area contributed by atoms with Crippen LogP contribution in [0.3, 0.4) is 0 Å². The molecule has 16 heavy (non-hydrogen) atoms. The molecule has 1 heterocycles. The van der Waals surface area contributed by atoms with Crippen LogP contribution >= 0.6 is 11.8 Å². The van der Waals surface area contributed by atoms with Crippen LogP contribution < -0.4 is 5.32 Å². The second kappa shape index (κ2) is 4.49. The number of fused-ring (bicyclic) bond motifs is 1. The van der Waals surface area contributed by atoms with Crippen LogP contribution in [-0.4, -0.2) is 23.7 Å². The molecule has 5 heteroatoms. The van der Waals surface area contributed by atoms with Crippen molar-refractivity contribution in [3.05, 3.63) is 23.8 Å². The molecule has 0 bridgehead atoms. The van der Waals surface area contributed by atoms with E-state index < -0.39 is 0 Å². The van der Waals surface area contributed by atoms with Gasteiger partial charge in [0.1, 0.15) is 6.29 Å². The zero-order valence-electron chi connectivity index (χ0n) is 8.36. The van der Waals surface area contributed by atoms with Gasteiger partial charge in [-0.2, -0.15) is 0 Å². The Morgan fingerprint density at radius 3 is 3.06 bits per heavy atom. The number of hydrogen-bond acceptors (Lipinski definition) is 4. The number of amides is 1. The lowest BCUT2D eigenvalue weighted by Crippen LogP contribution is -2.19. The van der Waals surface area contributed by atoms with Gasteiger partial charge in [-0.15, -0.1) is 11.8 Å². The van der Waals surface area contributed by atoms with E-state index in [-0.39, 0.29) is 18.1 Å². The third kappa shape index (κ3) is 2.14. The molecule has 1 N–H and O–H groups in total. The smallest absolute Gasteiger partial charge is 0.234 e. The lowest BCUT2D eigenvalue weighted by molar-refractivity contribution is -0.114. The highest BCUT2D eigenvalue weighted by molar-refractivity contribution is 8.00. The van der Waals surface area contributed by atoms with Crippen LogP contribution in [0.1, 0.15) is 16.8 Å². The molecule has 0 aliphatic carbocycles. The lowest BCUT2D eigenvalue weighted by atomic mass is 10.1. The number of aldehydes is 1. The van der Waals surface area contributed by atoms with Crippen LogP contribution in [0, 0.1) is 0 Å². The predicted molar refractivity (Wildman–Crippen MR) is 60.8 cm³/mol. The highest BCUT2D eigenvalue weighted by atomic mass is 32.2. The molecule has 1 aliphatic heterocycles. The molecule has 0 aromatic heterocycles. The molecular formula is C11H9NO3S. The maximum atomic E-state index is 11.5. The summed E-state index contributed by atoms with van der Waals surface area (Å²) in [5.41, 5.74) is 1.10. The fourth-order valence-corrected chi connectivity index (χ4v) is 2.24. The summed E-state index contributed by atoms with van der Waals surface area (Å²) < 4.78 is 0. The van der Waals surface area contributed by atoms with E-state index in [2.05, 4.69) is 5.32 Å². The topological polar surface area (TPSA) is 63.2 Å². The zero-order valence-corrected chi connectivity index (χ0v) is 9.17. The van der Waals surface area contributed by atoms with Crippen molar-refractivity contribution < 1.29 is 14.4 Å². The average Bonchev–Trinajstić information content (AvgIpc) is 2.28. The van der Waals surface area contributed by atoms with Crippen LogP contribution in [0.5, 0.6) is 0 Å². The minimum Gasteiger partial charge on any atom is -0.324 e. The van der Waals surface area contributed by atoms with Crippen molar-refractivity contribution in [3.63, 3.8) is 0 Å². The highest BCUT2D eigenvalue weighted by Crippen LogP contribution is 2.32. The molecule has 1 aromatic rings. The summed E-state index contributed by atoms with van der Waals surface area (Å²) in [4.78, 5) is 33.8. The van der Waals surface area contributed by atoms with Gasteiger partial charge in [-0.3, -0.25) is 9.59 Å². The van der Waals surface area contributed by atoms with Crippen molar-refractivity contribution in [1.29, 1.82) is 0 Å². The van der Waals surface area contributed by atoms with Gasteiger partial charge in [0.05, 0.1) is 17.9 Å². The van der Waals surface area contributed by atoms with E-state index in [0.717, 1.165) is 4.90 Å². The first-order valence-corrected chi connectivity index (χ1v) is 5.73. The standard InChI is InChI=1S/C11H9NO3S/c13-4-3-9(14)7-1-2-10-8(5-7)12-11(15)6-16-10/h1-2,4-5H,3,6H2,(H,12,15). The SMILES string of the molecule is O=CCC(=O)c1ccc2c(c1)NC(=O)CS2. The third-order valence-electron chi connectivity index (χ3n) is 2.20. The average molecular weight is 235 g/mol. The van der Waals surface area contributed by atoms with Crippen molar-refractivity contribution in [2.24, 2.45) is 0 Å². The number of benzene rings is 1. The fourth-order valence-electron chi connectivity index (χ4n) is 1.45. The summed E-state index contributed by atoms with van der Waals surface area (Å²) in [6.07, 6.45) is 0.453. The van der Waals surface area contributed by atoms with Gasteiger partial charge in [-0.25, -0.2) is 0 Å². The Hall–Kier alpha value is -1.62. The largest absolute Gasteiger partial charge is 0.324 e. The maximum Gasteiger partial charge on any atom is 0.234 e. The summed E-state index contributed by atoms with van der Waals surface area (Å²) in [6, 6.07) is 5.08. The van der Waals surface area contributed by atoms with Crippen molar-refractivity contribution >= 4 is 35.4 Å². The Labute approximate surface area is 96.4 Å². The molecule has 1 aliphatic rings. The summed E-state index contributed by atoms with van der Waals surface area (Å²) >= 11 is 1.44. The second-order valence-corrected chi connectivity index (χ2v) is 4.36. The molecule has 0 spiro atoms. The van der Waals surface area contributed by atoms with Crippen LogP contribution in [0.2, 0.25) is 0 Å². The number of thioether (sulfide) groups is 1. The monoisotopic (exact) mass is 235 g/mol. The molecule has 4 nitrogen and oxygen atoms in total. The lowest BCUT2D eigenvalue weighted by Gasteiger charge is -2.16. The van der Waals surface area contributed by atoms with Gasteiger partial charge in [-0.05, 0) is 12.1 Å². The molecule has 2 rings (SSSR count). The minimum atomic E-state index is -0.234. The van der Waals surface area contributed by atoms with Crippen LogP contribution in [0.4, 0.5) is 5.69 Å². The van der Waals surface area contributed by atoms with Crippen LogP contribution in [0.15, 0.2) is 23.1 Å². The molecule has 0 saturated heterocycles. The van der Waals surface area contributed by atoms with Gasteiger partial charge >= 0.3 is 0 Å². The zero-order chi connectivity index (χ0) is 11.5. The molecule has 1 amide bonds. The highest BCUT2D eigenvalue weighted by Gasteiger charge is 2.16. The van der Waals surface area contributed by atoms with Crippen LogP contribution in [-0.2, 0) is 9.59 Å². The van der Waals surface area contributed by atoms with Gasteiger partial charge in [0.2, 0.25) is 5.91 Å². The molecule has 0 fully saturated rings. The molecular weight excluding hydrogens is 226 g/mol. The number of anilines is 1. The van der Waals surface area contributed by atoms with Gasteiger partial charge < -0.3 is 10.1 Å². The summed E-state index contributed by atoms with van der Waals surface area (Å²) in [5.74, 6) is 0.0920. The maximum absolute atomic E-state index is 11.5. The first-order chi connectivity index (χ1) is 7.70. The third-order valence-corrected chi connectivity index (χ3v) is 3.28. The molecule has 0 unspecified atom stereocenters. The Balaban J connectivity index is 2.30. The van der Waals surface area contributed by atoms with E-state index in [1.165, 1.54) is 11.8 Å². The van der Waals surface area contributed by atoms with Gasteiger partial charge in [0.15, 0.2) is 5.78 Å². The van der Waals surface area contributed by atoms with E-state index in [4.69, 9.17) is 0 Å². The van der Waals surface area contributed by atoms with Gasteiger partial charge in [0.25, 0.3) is 0 Å². The Kier molecular flexibility index (Phi) is 3.05.